The molecular formula is C16H15NO4. The number of carbonyl (C=O) groups excluding carboxylic acids is 1. The van der Waals surface area contributed by atoms with E-state index in [1.54, 1.807) is 42.5 Å². The van der Waals surface area contributed by atoms with Crippen molar-refractivity contribution in [2.24, 2.45) is 0 Å². The van der Waals surface area contributed by atoms with Crippen molar-refractivity contribution < 1.29 is 19.0 Å². The molecular weight excluding hydrogens is 270 g/mol. The summed E-state index contributed by atoms with van der Waals surface area (Å²) in [5, 5.41) is 2.65. The van der Waals surface area contributed by atoms with E-state index in [-0.39, 0.29) is 0 Å². The Kier molecular flexibility index (Phi) is 3.17. The summed E-state index contributed by atoms with van der Waals surface area (Å²) < 4.78 is 16.4. The zero-order chi connectivity index (χ0) is 14.9. The number of amides is 1. The second-order valence-corrected chi connectivity index (χ2v) is 5.09. The SMILES string of the molecule is CC1(C)Oc2ccc(NC(=O)Oc3ccccc3)cc2O1. The molecule has 3 rings (SSSR count). The summed E-state index contributed by atoms with van der Waals surface area (Å²) in [6.45, 7) is 3.65. The molecule has 1 N–H and O–H groups in total. The lowest BCUT2D eigenvalue weighted by molar-refractivity contribution is -0.0431. The number of carbonyl (C=O) groups is 1. The fraction of sp³-hybridized carbons (Fsp3) is 0.188. The third-order valence-corrected chi connectivity index (χ3v) is 2.86. The molecule has 0 saturated heterocycles. The maximum absolute atomic E-state index is 11.8. The molecule has 2 aromatic carbocycles. The van der Waals surface area contributed by atoms with E-state index in [0.717, 1.165) is 0 Å². The van der Waals surface area contributed by atoms with Crippen molar-refractivity contribution in [3.63, 3.8) is 0 Å². The Morgan fingerprint density at radius 2 is 1.76 bits per heavy atom. The van der Waals surface area contributed by atoms with Crippen LogP contribution in [0, 0.1) is 0 Å². The minimum Gasteiger partial charge on any atom is -0.449 e. The van der Waals surface area contributed by atoms with E-state index in [0.29, 0.717) is 22.9 Å². The Balaban J connectivity index is 1.68. The number of fused-ring (bicyclic) bond motifs is 1. The molecule has 0 fully saturated rings. The summed E-state index contributed by atoms with van der Waals surface area (Å²) in [5.41, 5.74) is 0.580. The van der Waals surface area contributed by atoms with Gasteiger partial charge >= 0.3 is 6.09 Å². The fourth-order valence-corrected chi connectivity index (χ4v) is 2.04. The van der Waals surface area contributed by atoms with Crippen LogP contribution in [-0.4, -0.2) is 11.9 Å². The fourth-order valence-electron chi connectivity index (χ4n) is 2.04. The van der Waals surface area contributed by atoms with Gasteiger partial charge in [0, 0.05) is 25.6 Å². The lowest BCUT2D eigenvalue weighted by atomic mass is 10.3. The molecule has 1 aliphatic rings. The third kappa shape index (κ3) is 3.08. The Morgan fingerprint density at radius 3 is 2.52 bits per heavy atom. The number of ether oxygens (including phenoxy) is 3. The van der Waals surface area contributed by atoms with Crippen LogP contribution >= 0.6 is 0 Å². The Hall–Kier alpha value is -2.69. The lowest BCUT2D eigenvalue weighted by Crippen LogP contribution is -2.29. The number of anilines is 1. The molecule has 108 valence electrons. The minimum absolute atomic E-state index is 0.483. The lowest BCUT2D eigenvalue weighted by Gasteiger charge is -2.16. The van der Waals surface area contributed by atoms with Crippen molar-refractivity contribution in [2.75, 3.05) is 5.32 Å². The van der Waals surface area contributed by atoms with Crippen LogP contribution in [0.15, 0.2) is 48.5 Å². The van der Waals surface area contributed by atoms with E-state index < -0.39 is 11.9 Å². The highest BCUT2D eigenvalue weighted by Gasteiger charge is 2.31. The van der Waals surface area contributed by atoms with Gasteiger partial charge in [0.2, 0.25) is 5.79 Å². The predicted molar refractivity (Wildman–Crippen MR) is 77.9 cm³/mol. The normalized spacial score (nSPS) is 14.6. The van der Waals surface area contributed by atoms with Crippen molar-refractivity contribution in [3.8, 4) is 17.2 Å². The molecule has 2 aromatic rings. The highest BCUT2D eigenvalue weighted by atomic mass is 16.7. The van der Waals surface area contributed by atoms with E-state index in [1.807, 2.05) is 19.9 Å². The number of hydrogen-bond acceptors (Lipinski definition) is 4. The monoisotopic (exact) mass is 285 g/mol. The molecule has 0 atom stereocenters. The first kappa shape index (κ1) is 13.3. The zero-order valence-corrected chi connectivity index (χ0v) is 11.8. The summed E-state index contributed by atoms with van der Waals surface area (Å²) in [4.78, 5) is 11.8. The zero-order valence-electron chi connectivity index (χ0n) is 11.8. The maximum Gasteiger partial charge on any atom is 0.417 e. The molecule has 1 amide bonds. The largest absolute Gasteiger partial charge is 0.449 e. The van der Waals surface area contributed by atoms with E-state index in [1.165, 1.54) is 0 Å². The van der Waals surface area contributed by atoms with Crippen LogP contribution in [0.5, 0.6) is 17.2 Å². The molecule has 0 spiro atoms. The molecule has 0 radical (unpaired) electrons. The number of nitrogens with one attached hydrogen (secondary N) is 1. The van der Waals surface area contributed by atoms with Crippen LogP contribution in [0.25, 0.3) is 0 Å². The smallest absolute Gasteiger partial charge is 0.417 e. The van der Waals surface area contributed by atoms with Crippen molar-refractivity contribution in [1.29, 1.82) is 0 Å². The van der Waals surface area contributed by atoms with E-state index in [4.69, 9.17) is 14.2 Å². The topological polar surface area (TPSA) is 56.8 Å². The van der Waals surface area contributed by atoms with Gasteiger partial charge in [-0.2, -0.15) is 0 Å². The molecule has 21 heavy (non-hydrogen) atoms. The molecule has 0 bridgehead atoms. The summed E-state index contributed by atoms with van der Waals surface area (Å²) in [6.07, 6.45) is -0.556. The average Bonchev–Trinajstić information content (AvgIpc) is 2.73. The Bertz CT molecular complexity index is 667. The summed E-state index contributed by atoms with van der Waals surface area (Å²) in [5.74, 6) is 1.04. The minimum atomic E-state index is -0.689. The van der Waals surface area contributed by atoms with Crippen molar-refractivity contribution in [3.05, 3.63) is 48.5 Å². The van der Waals surface area contributed by atoms with Crippen LogP contribution in [-0.2, 0) is 0 Å². The van der Waals surface area contributed by atoms with Crippen molar-refractivity contribution >= 4 is 11.8 Å². The predicted octanol–water partition coefficient (Wildman–Crippen LogP) is 3.80. The Labute approximate surface area is 122 Å². The van der Waals surface area contributed by atoms with Crippen LogP contribution in [0.1, 0.15) is 13.8 Å². The highest BCUT2D eigenvalue weighted by molar-refractivity contribution is 5.86. The summed E-state index contributed by atoms with van der Waals surface area (Å²) in [6, 6.07) is 14.1. The number of benzene rings is 2. The quantitative estimate of drug-likeness (QED) is 0.911. The molecule has 5 heteroatoms. The second-order valence-electron chi connectivity index (χ2n) is 5.09. The first-order chi connectivity index (χ1) is 10.0. The van der Waals surface area contributed by atoms with E-state index in [9.17, 15) is 4.79 Å². The van der Waals surface area contributed by atoms with Gasteiger partial charge in [-0.3, -0.25) is 5.32 Å². The van der Waals surface area contributed by atoms with Gasteiger partial charge in [0.25, 0.3) is 0 Å². The average molecular weight is 285 g/mol. The highest BCUT2D eigenvalue weighted by Crippen LogP contribution is 2.40. The van der Waals surface area contributed by atoms with Gasteiger partial charge < -0.3 is 14.2 Å². The van der Waals surface area contributed by atoms with Crippen LogP contribution in [0.3, 0.4) is 0 Å². The molecule has 5 nitrogen and oxygen atoms in total. The van der Waals surface area contributed by atoms with Crippen LogP contribution < -0.4 is 19.5 Å². The van der Waals surface area contributed by atoms with Gasteiger partial charge in [-0.15, -0.1) is 0 Å². The van der Waals surface area contributed by atoms with Gasteiger partial charge in [-0.05, 0) is 24.3 Å². The van der Waals surface area contributed by atoms with E-state index >= 15 is 0 Å². The van der Waals surface area contributed by atoms with Gasteiger partial charge in [0.15, 0.2) is 11.5 Å². The van der Waals surface area contributed by atoms with Crippen LogP contribution in [0.4, 0.5) is 10.5 Å². The van der Waals surface area contributed by atoms with Gasteiger partial charge in [0.1, 0.15) is 5.75 Å². The molecule has 0 unspecified atom stereocenters. The van der Waals surface area contributed by atoms with Gasteiger partial charge in [-0.1, -0.05) is 18.2 Å². The number of para-hydroxylation sites is 1. The molecule has 0 saturated carbocycles. The van der Waals surface area contributed by atoms with Crippen molar-refractivity contribution in [1.82, 2.24) is 0 Å². The number of hydrogen-bond donors (Lipinski definition) is 1. The first-order valence-electron chi connectivity index (χ1n) is 6.58. The number of rotatable bonds is 2. The standard InChI is InChI=1S/C16H15NO4/c1-16(2)20-13-9-8-11(10-14(13)21-16)17-15(18)19-12-6-4-3-5-7-12/h3-10H,1-2H3,(H,17,18). The maximum atomic E-state index is 11.8. The molecule has 0 aromatic heterocycles. The Morgan fingerprint density at radius 1 is 1.05 bits per heavy atom. The van der Waals surface area contributed by atoms with E-state index in [2.05, 4.69) is 5.32 Å². The molecule has 1 heterocycles. The van der Waals surface area contributed by atoms with Crippen LogP contribution in [0.2, 0.25) is 0 Å². The molecule has 0 aliphatic carbocycles. The molecule has 1 aliphatic heterocycles. The first-order valence-corrected chi connectivity index (χ1v) is 6.58. The second kappa shape index (κ2) is 5.01. The summed E-state index contributed by atoms with van der Waals surface area (Å²) in [7, 11) is 0. The summed E-state index contributed by atoms with van der Waals surface area (Å²) >= 11 is 0. The third-order valence-electron chi connectivity index (χ3n) is 2.86. The van der Waals surface area contributed by atoms with Gasteiger partial charge in [0.05, 0.1) is 0 Å². The van der Waals surface area contributed by atoms with Crippen molar-refractivity contribution in [2.45, 2.75) is 19.6 Å². The van der Waals surface area contributed by atoms with Gasteiger partial charge in [-0.25, -0.2) is 4.79 Å².